The van der Waals surface area contributed by atoms with Gasteiger partial charge in [0, 0.05) is 12.4 Å². The Balaban J connectivity index is 2.56. The van der Waals surface area contributed by atoms with Gasteiger partial charge in [0.2, 0.25) is 5.24 Å². The molecule has 1 aliphatic rings. The standard InChI is InChI=1S/C6H6ClNO/c7-6(9)5-2-1-3-8-4-5/h1,3-5H,2H2. The monoisotopic (exact) mass is 143 g/mol. The number of allylic oxidation sites excluding steroid dienone is 1. The molecular formula is C6H6ClNO. The highest BCUT2D eigenvalue weighted by Crippen LogP contribution is 2.09. The molecule has 0 saturated carbocycles. The molecule has 0 saturated heterocycles. The Hall–Kier alpha value is -0.630. The van der Waals surface area contributed by atoms with Crippen molar-refractivity contribution >= 4 is 23.1 Å². The fourth-order valence-electron chi connectivity index (χ4n) is 0.634. The summed E-state index contributed by atoms with van der Waals surface area (Å²) < 4.78 is 0. The SMILES string of the molecule is O=C(Cl)C1C=NC=CC1. The van der Waals surface area contributed by atoms with Gasteiger partial charge >= 0.3 is 0 Å². The zero-order valence-corrected chi connectivity index (χ0v) is 5.51. The quantitative estimate of drug-likeness (QED) is 0.510. The molecule has 0 aromatic heterocycles. The van der Waals surface area contributed by atoms with Gasteiger partial charge in [-0.2, -0.15) is 0 Å². The molecule has 9 heavy (non-hydrogen) atoms. The van der Waals surface area contributed by atoms with Gasteiger partial charge in [-0.25, -0.2) is 0 Å². The third-order valence-electron chi connectivity index (χ3n) is 1.14. The van der Waals surface area contributed by atoms with Gasteiger partial charge in [-0.05, 0) is 18.0 Å². The summed E-state index contributed by atoms with van der Waals surface area (Å²) in [5.41, 5.74) is 0. The van der Waals surface area contributed by atoms with E-state index in [4.69, 9.17) is 11.6 Å². The molecule has 2 nitrogen and oxygen atoms in total. The second kappa shape index (κ2) is 2.78. The largest absolute Gasteiger partial charge is 0.281 e. The fourth-order valence-corrected chi connectivity index (χ4v) is 0.779. The van der Waals surface area contributed by atoms with E-state index in [1.165, 1.54) is 0 Å². The molecule has 0 fully saturated rings. The van der Waals surface area contributed by atoms with Crippen LogP contribution < -0.4 is 0 Å². The highest BCUT2D eigenvalue weighted by molar-refractivity contribution is 6.65. The van der Waals surface area contributed by atoms with Gasteiger partial charge in [0.15, 0.2) is 0 Å². The Morgan fingerprint density at radius 2 is 2.56 bits per heavy atom. The van der Waals surface area contributed by atoms with Gasteiger partial charge in [0.1, 0.15) is 0 Å². The summed E-state index contributed by atoms with van der Waals surface area (Å²) in [7, 11) is 0. The smallest absolute Gasteiger partial charge is 0.230 e. The molecule has 0 bridgehead atoms. The van der Waals surface area contributed by atoms with E-state index in [9.17, 15) is 4.79 Å². The average Bonchev–Trinajstić information content (AvgIpc) is 1.90. The number of hydrogen-bond donors (Lipinski definition) is 0. The summed E-state index contributed by atoms with van der Waals surface area (Å²) in [6, 6.07) is 0. The molecule has 0 N–H and O–H groups in total. The predicted molar refractivity (Wildman–Crippen MR) is 36.6 cm³/mol. The first-order valence-corrected chi connectivity index (χ1v) is 3.06. The topological polar surface area (TPSA) is 29.4 Å². The summed E-state index contributed by atoms with van der Waals surface area (Å²) in [5, 5.41) is -0.330. The summed E-state index contributed by atoms with van der Waals surface area (Å²) >= 11 is 5.19. The van der Waals surface area contributed by atoms with Crippen LogP contribution in [0.5, 0.6) is 0 Å². The third-order valence-corrected chi connectivity index (χ3v) is 1.42. The highest BCUT2D eigenvalue weighted by Gasteiger charge is 2.12. The highest BCUT2D eigenvalue weighted by atomic mass is 35.5. The van der Waals surface area contributed by atoms with E-state index < -0.39 is 0 Å². The molecule has 0 aromatic carbocycles. The van der Waals surface area contributed by atoms with Crippen molar-refractivity contribution in [3.05, 3.63) is 12.3 Å². The summed E-state index contributed by atoms with van der Waals surface area (Å²) in [6.45, 7) is 0. The molecule has 48 valence electrons. The number of rotatable bonds is 1. The molecule has 0 aromatic rings. The van der Waals surface area contributed by atoms with E-state index in [1.54, 1.807) is 12.4 Å². The Labute approximate surface area is 58.2 Å². The van der Waals surface area contributed by atoms with Crippen LogP contribution in [0.4, 0.5) is 0 Å². The third kappa shape index (κ3) is 1.64. The van der Waals surface area contributed by atoms with Crippen molar-refractivity contribution in [2.45, 2.75) is 6.42 Å². The van der Waals surface area contributed by atoms with Gasteiger partial charge < -0.3 is 0 Å². The number of carbonyl (C=O) groups excluding carboxylic acids is 1. The van der Waals surface area contributed by atoms with Crippen LogP contribution in [0.25, 0.3) is 0 Å². The van der Waals surface area contributed by atoms with E-state index in [1.807, 2.05) is 6.08 Å². The van der Waals surface area contributed by atoms with Crippen LogP contribution >= 0.6 is 11.6 Å². The molecular weight excluding hydrogens is 138 g/mol. The Morgan fingerprint density at radius 1 is 1.78 bits per heavy atom. The van der Waals surface area contributed by atoms with E-state index in [0.29, 0.717) is 6.42 Å². The van der Waals surface area contributed by atoms with Crippen molar-refractivity contribution in [3.8, 4) is 0 Å². The molecule has 1 unspecified atom stereocenters. The van der Waals surface area contributed by atoms with Crippen LogP contribution in [0, 0.1) is 5.92 Å². The normalized spacial score (nSPS) is 24.3. The van der Waals surface area contributed by atoms with Crippen molar-refractivity contribution in [2.24, 2.45) is 10.9 Å². The second-order valence-electron chi connectivity index (χ2n) is 1.83. The Kier molecular flexibility index (Phi) is 2.01. The lowest BCUT2D eigenvalue weighted by Crippen LogP contribution is -2.10. The van der Waals surface area contributed by atoms with Crippen LogP contribution in [0.15, 0.2) is 17.3 Å². The fraction of sp³-hybridized carbons (Fsp3) is 0.333. The Morgan fingerprint density at radius 3 is 2.89 bits per heavy atom. The molecule has 0 amide bonds. The molecule has 0 radical (unpaired) electrons. The second-order valence-corrected chi connectivity index (χ2v) is 2.20. The molecule has 1 atom stereocenters. The first-order chi connectivity index (χ1) is 4.30. The van der Waals surface area contributed by atoms with Gasteiger partial charge in [-0.1, -0.05) is 6.08 Å². The molecule has 0 spiro atoms. The van der Waals surface area contributed by atoms with Gasteiger partial charge in [0.05, 0.1) is 5.92 Å². The molecule has 0 aliphatic carbocycles. The number of hydrogen-bond acceptors (Lipinski definition) is 2. The van der Waals surface area contributed by atoms with Crippen LogP contribution in [-0.2, 0) is 4.79 Å². The minimum Gasteiger partial charge on any atom is -0.281 e. The first kappa shape index (κ1) is 6.49. The van der Waals surface area contributed by atoms with Crippen LogP contribution in [0.3, 0.4) is 0 Å². The zero-order valence-electron chi connectivity index (χ0n) is 4.75. The number of carbonyl (C=O) groups is 1. The minimum atomic E-state index is -0.330. The van der Waals surface area contributed by atoms with Gasteiger partial charge in [-0.3, -0.25) is 9.79 Å². The summed E-state index contributed by atoms with van der Waals surface area (Å²) in [6.07, 6.45) is 5.74. The maximum atomic E-state index is 10.4. The van der Waals surface area contributed by atoms with Gasteiger partial charge in [-0.15, -0.1) is 0 Å². The molecule has 1 heterocycles. The predicted octanol–water partition coefficient (Wildman–Crippen LogP) is 1.36. The lowest BCUT2D eigenvalue weighted by molar-refractivity contribution is -0.113. The van der Waals surface area contributed by atoms with Crippen molar-refractivity contribution in [3.63, 3.8) is 0 Å². The van der Waals surface area contributed by atoms with Crippen LogP contribution in [-0.4, -0.2) is 11.5 Å². The van der Waals surface area contributed by atoms with E-state index >= 15 is 0 Å². The molecule has 1 rings (SSSR count). The maximum Gasteiger partial charge on any atom is 0.230 e. The van der Waals surface area contributed by atoms with E-state index in [2.05, 4.69) is 4.99 Å². The Bertz CT molecular complexity index is 174. The lowest BCUT2D eigenvalue weighted by Gasteiger charge is -2.03. The van der Waals surface area contributed by atoms with Crippen molar-refractivity contribution in [2.75, 3.05) is 0 Å². The van der Waals surface area contributed by atoms with Gasteiger partial charge in [0.25, 0.3) is 0 Å². The maximum absolute atomic E-state index is 10.4. The number of aliphatic imine (C=N–C) groups is 1. The minimum absolute atomic E-state index is 0.198. The van der Waals surface area contributed by atoms with Crippen molar-refractivity contribution in [1.82, 2.24) is 0 Å². The van der Waals surface area contributed by atoms with Crippen LogP contribution in [0.2, 0.25) is 0 Å². The van der Waals surface area contributed by atoms with E-state index in [0.717, 1.165) is 0 Å². The number of nitrogens with zero attached hydrogens (tertiary/aromatic N) is 1. The molecule has 1 aliphatic heterocycles. The number of halogens is 1. The molecule has 3 heteroatoms. The average molecular weight is 144 g/mol. The lowest BCUT2D eigenvalue weighted by atomic mass is 10.1. The zero-order chi connectivity index (χ0) is 6.69. The van der Waals surface area contributed by atoms with E-state index in [-0.39, 0.29) is 11.2 Å². The van der Waals surface area contributed by atoms with Crippen molar-refractivity contribution in [1.29, 1.82) is 0 Å². The summed E-state index contributed by atoms with van der Waals surface area (Å²) in [5.74, 6) is -0.198. The first-order valence-electron chi connectivity index (χ1n) is 2.68. The van der Waals surface area contributed by atoms with Crippen molar-refractivity contribution < 1.29 is 4.79 Å². The van der Waals surface area contributed by atoms with Crippen LogP contribution in [0.1, 0.15) is 6.42 Å². The summed E-state index contributed by atoms with van der Waals surface area (Å²) in [4.78, 5) is 14.2.